The topological polar surface area (TPSA) is 46.9 Å². The molecule has 1 aliphatic heterocycles. The number of fused-ring (bicyclic) bond motifs is 2. The molecule has 0 saturated carbocycles. The lowest BCUT2D eigenvalue weighted by Gasteiger charge is -2.25. The van der Waals surface area contributed by atoms with Gasteiger partial charge in [-0.1, -0.05) is 18.2 Å². The summed E-state index contributed by atoms with van der Waals surface area (Å²) in [6, 6.07) is 6.81. The van der Waals surface area contributed by atoms with E-state index in [0.29, 0.717) is 6.42 Å². The van der Waals surface area contributed by atoms with Crippen LogP contribution in [0.25, 0.3) is 0 Å². The van der Waals surface area contributed by atoms with Gasteiger partial charge in [-0.2, -0.15) is 0 Å². The fourth-order valence-electron chi connectivity index (χ4n) is 4.06. The van der Waals surface area contributed by atoms with Crippen LogP contribution in [-0.2, 0) is 37.0 Å². The minimum absolute atomic E-state index is 0.135. The van der Waals surface area contributed by atoms with Gasteiger partial charge in [0.2, 0.25) is 5.91 Å². The minimum atomic E-state index is 0.135. The molecule has 1 aromatic carbocycles. The third-order valence-corrected chi connectivity index (χ3v) is 5.26. The number of aromatic nitrogens is 2. The molecule has 1 N–H and O–H groups in total. The zero-order chi connectivity index (χ0) is 16.5. The van der Waals surface area contributed by atoms with Gasteiger partial charge < -0.3 is 9.88 Å². The van der Waals surface area contributed by atoms with Crippen LogP contribution in [0.2, 0.25) is 0 Å². The lowest BCUT2D eigenvalue weighted by Crippen LogP contribution is -2.41. The summed E-state index contributed by atoms with van der Waals surface area (Å²) in [6.45, 7) is 2.86. The van der Waals surface area contributed by atoms with Crippen LogP contribution in [0.1, 0.15) is 47.5 Å². The van der Waals surface area contributed by atoms with Gasteiger partial charge in [0.25, 0.3) is 0 Å². The fraction of sp³-hybridized carbons (Fsp3) is 0.500. The average molecular weight is 323 g/mol. The van der Waals surface area contributed by atoms with E-state index in [1.165, 1.54) is 30.4 Å². The molecule has 0 saturated heterocycles. The molecule has 0 unspecified atom stereocenters. The van der Waals surface area contributed by atoms with Gasteiger partial charge in [0.1, 0.15) is 5.82 Å². The molecule has 4 rings (SSSR count). The van der Waals surface area contributed by atoms with Crippen LogP contribution in [-0.4, -0.2) is 21.5 Å². The van der Waals surface area contributed by atoms with Crippen molar-refractivity contribution in [1.82, 2.24) is 14.9 Å². The molecule has 2 heterocycles. The molecule has 0 fully saturated rings. The highest BCUT2D eigenvalue weighted by Crippen LogP contribution is 2.22. The van der Waals surface area contributed by atoms with E-state index in [1.807, 2.05) is 6.92 Å². The Hall–Kier alpha value is -2.10. The maximum Gasteiger partial charge on any atom is 0.224 e. The number of amides is 1. The number of nitrogens with one attached hydrogen (secondary N) is 1. The van der Waals surface area contributed by atoms with Crippen molar-refractivity contribution in [2.24, 2.45) is 0 Å². The lowest BCUT2D eigenvalue weighted by molar-refractivity contribution is -0.121. The third kappa shape index (κ3) is 3.23. The predicted molar refractivity (Wildman–Crippen MR) is 94.0 cm³/mol. The second kappa shape index (κ2) is 6.42. The third-order valence-electron chi connectivity index (χ3n) is 5.26. The molecular formula is C20H25N3O. The number of hydrogen-bond donors (Lipinski definition) is 1. The summed E-state index contributed by atoms with van der Waals surface area (Å²) in [4.78, 5) is 17.0. The van der Waals surface area contributed by atoms with E-state index in [-0.39, 0.29) is 11.9 Å². The molecule has 0 bridgehead atoms. The molecule has 4 heteroatoms. The van der Waals surface area contributed by atoms with Crippen molar-refractivity contribution in [3.05, 3.63) is 52.6 Å². The molecule has 126 valence electrons. The van der Waals surface area contributed by atoms with Gasteiger partial charge in [-0.05, 0) is 55.7 Å². The molecule has 0 radical (unpaired) electrons. The Morgan fingerprint density at radius 2 is 2.08 bits per heavy atom. The van der Waals surface area contributed by atoms with Gasteiger partial charge in [0.15, 0.2) is 0 Å². The maximum atomic E-state index is 12.4. The van der Waals surface area contributed by atoms with E-state index >= 15 is 0 Å². The number of carbonyl (C=O) groups excluding carboxylic acids is 1. The Balaban J connectivity index is 1.37. The van der Waals surface area contributed by atoms with Crippen LogP contribution in [0.4, 0.5) is 0 Å². The molecule has 1 aromatic heterocycles. The van der Waals surface area contributed by atoms with Crippen LogP contribution in [0, 0.1) is 6.92 Å². The summed E-state index contributed by atoms with van der Waals surface area (Å²) >= 11 is 0. The highest BCUT2D eigenvalue weighted by Gasteiger charge is 2.21. The van der Waals surface area contributed by atoms with Gasteiger partial charge in [0, 0.05) is 25.2 Å². The van der Waals surface area contributed by atoms with Gasteiger partial charge in [-0.25, -0.2) is 4.98 Å². The summed E-state index contributed by atoms with van der Waals surface area (Å²) in [6.07, 6.45) is 9.41. The van der Waals surface area contributed by atoms with Crippen LogP contribution in [0.5, 0.6) is 0 Å². The average Bonchev–Trinajstić information content (AvgIpc) is 2.94. The zero-order valence-corrected chi connectivity index (χ0v) is 14.3. The van der Waals surface area contributed by atoms with Crippen molar-refractivity contribution in [1.29, 1.82) is 0 Å². The van der Waals surface area contributed by atoms with E-state index in [9.17, 15) is 4.79 Å². The highest BCUT2D eigenvalue weighted by molar-refractivity contribution is 5.79. The van der Waals surface area contributed by atoms with Crippen LogP contribution < -0.4 is 5.32 Å². The predicted octanol–water partition coefficient (Wildman–Crippen LogP) is 2.74. The summed E-state index contributed by atoms with van der Waals surface area (Å²) in [7, 11) is 0. The van der Waals surface area contributed by atoms with Crippen molar-refractivity contribution in [2.45, 2.75) is 64.5 Å². The first-order valence-corrected chi connectivity index (χ1v) is 9.10. The van der Waals surface area contributed by atoms with Gasteiger partial charge >= 0.3 is 0 Å². The molecule has 0 spiro atoms. The largest absolute Gasteiger partial charge is 0.351 e. The second-order valence-electron chi connectivity index (χ2n) is 7.24. The molecule has 2 aromatic rings. The Labute approximate surface area is 143 Å². The normalized spacial score (nSPS) is 19.5. The molecule has 4 nitrogen and oxygen atoms in total. The second-order valence-corrected chi connectivity index (χ2v) is 7.24. The van der Waals surface area contributed by atoms with Crippen molar-refractivity contribution in [3.8, 4) is 0 Å². The Morgan fingerprint density at radius 1 is 1.25 bits per heavy atom. The monoisotopic (exact) mass is 323 g/mol. The summed E-state index contributed by atoms with van der Waals surface area (Å²) in [5.74, 6) is 1.28. The Kier molecular flexibility index (Phi) is 4.13. The van der Waals surface area contributed by atoms with Crippen molar-refractivity contribution in [3.63, 3.8) is 0 Å². The van der Waals surface area contributed by atoms with Crippen molar-refractivity contribution >= 4 is 5.91 Å². The molecule has 24 heavy (non-hydrogen) atoms. The fourth-order valence-corrected chi connectivity index (χ4v) is 4.06. The van der Waals surface area contributed by atoms with Crippen molar-refractivity contribution in [2.75, 3.05) is 0 Å². The summed E-state index contributed by atoms with van der Waals surface area (Å²) in [5.41, 5.74) is 5.12. The standard InChI is InChI=1S/C20H25N3O/c1-14-12-23-13-18(8-9-19(23)21-14)22-20(24)11-15-6-7-16-4-2-3-5-17(16)10-15/h6-7,10,12,18H,2-5,8-9,11,13H2,1H3,(H,22,24)/t18-/m1/s1. The smallest absolute Gasteiger partial charge is 0.224 e. The number of nitrogens with zero attached hydrogens (tertiary/aromatic N) is 2. The van der Waals surface area contributed by atoms with E-state index in [1.54, 1.807) is 0 Å². The van der Waals surface area contributed by atoms with E-state index in [0.717, 1.165) is 42.9 Å². The molecule has 1 amide bonds. The zero-order valence-electron chi connectivity index (χ0n) is 14.3. The van der Waals surface area contributed by atoms with Gasteiger partial charge in [-0.3, -0.25) is 4.79 Å². The summed E-state index contributed by atoms with van der Waals surface area (Å²) in [5, 5.41) is 3.21. The van der Waals surface area contributed by atoms with Crippen LogP contribution in [0.15, 0.2) is 24.4 Å². The number of carbonyl (C=O) groups is 1. The Morgan fingerprint density at radius 3 is 2.96 bits per heavy atom. The number of hydrogen-bond acceptors (Lipinski definition) is 2. The molecule has 1 aliphatic carbocycles. The van der Waals surface area contributed by atoms with Crippen LogP contribution in [0.3, 0.4) is 0 Å². The molecule has 2 aliphatic rings. The van der Waals surface area contributed by atoms with E-state index in [2.05, 4.69) is 39.3 Å². The number of aryl methyl sites for hydroxylation is 4. The molecular weight excluding hydrogens is 298 g/mol. The van der Waals surface area contributed by atoms with Gasteiger partial charge in [-0.15, -0.1) is 0 Å². The van der Waals surface area contributed by atoms with E-state index < -0.39 is 0 Å². The maximum absolute atomic E-state index is 12.4. The minimum Gasteiger partial charge on any atom is -0.351 e. The lowest BCUT2D eigenvalue weighted by atomic mass is 9.90. The summed E-state index contributed by atoms with van der Waals surface area (Å²) < 4.78 is 2.18. The first-order valence-electron chi connectivity index (χ1n) is 9.10. The highest BCUT2D eigenvalue weighted by atomic mass is 16.1. The number of rotatable bonds is 3. The van der Waals surface area contributed by atoms with Crippen LogP contribution >= 0.6 is 0 Å². The Bertz CT molecular complexity index is 762. The first kappa shape index (κ1) is 15.4. The van der Waals surface area contributed by atoms with Gasteiger partial charge in [0.05, 0.1) is 12.1 Å². The molecule has 1 atom stereocenters. The SMILES string of the molecule is Cc1cn2c(n1)CC[C@@H](NC(=O)Cc1ccc3c(c1)CCCC3)C2. The first-order chi connectivity index (χ1) is 11.7. The van der Waals surface area contributed by atoms with Crippen molar-refractivity contribution < 1.29 is 4.79 Å². The quantitative estimate of drug-likeness (QED) is 0.944. The number of imidazole rings is 1. The van der Waals surface area contributed by atoms with E-state index in [4.69, 9.17) is 0 Å². The number of benzene rings is 1.